The number of ether oxygens (including phenoxy) is 2. The Kier molecular flexibility index (Phi) is 5.32. The first-order valence-corrected chi connectivity index (χ1v) is 7.00. The van der Waals surface area contributed by atoms with Crippen molar-refractivity contribution in [1.82, 2.24) is 0 Å². The van der Waals surface area contributed by atoms with Gasteiger partial charge in [-0.3, -0.25) is 4.79 Å². The molecule has 2 rings (SSSR count). The van der Waals surface area contributed by atoms with Crippen LogP contribution in [0.25, 0.3) is 0 Å². The van der Waals surface area contributed by atoms with Crippen LogP contribution in [0, 0.1) is 6.92 Å². The Balaban J connectivity index is 1.93. The van der Waals surface area contributed by atoms with Crippen LogP contribution in [-0.4, -0.2) is 13.1 Å². The molecule has 0 aliphatic carbocycles. The number of carbonyl (C=O) groups is 1. The van der Waals surface area contributed by atoms with E-state index in [2.05, 4.69) is 15.9 Å². The maximum absolute atomic E-state index is 11.0. The van der Waals surface area contributed by atoms with Gasteiger partial charge in [0.1, 0.15) is 5.75 Å². The van der Waals surface area contributed by atoms with Gasteiger partial charge in [-0.25, -0.2) is 0 Å². The minimum absolute atomic E-state index is 0.109. The molecule has 0 atom stereocenters. The molecular weight excluding hydrogens is 320 g/mol. The highest BCUT2D eigenvalue weighted by molar-refractivity contribution is 9.10. The van der Waals surface area contributed by atoms with E-state index in [1.165, 1.54) is 0 Å². The molecule has 4 heteroatoms. The van der Waals surface area contributed by atoms with Crippen molar-refractivity contribution in [3.8, 4) is 5.75 Å². The predicted molar refractivity (Wildman–Crippen MR) is 81.0 cm³/mol. The van der Waals surface area contributed by atoms with E-state index in [4.69, 9.17) is 9.47 Å². The third-order valence-corrected chi connectivity index (χ3v) is 3.25. The summed E-state index contributed by atoms with van der Waals surface area (Å²) in [7, 11) is 0. The van der Waals surface area contributed by atoms with E-state index in [-0.39, 0.29) is 6.79 Å². The van der Waals surface area contributed by atoms with E-state index >= 15 is 0 Å². The maximum atomic E-state index is 11.0. The fraction of sp³-hybridized carbons (Fsp3) is 0.188. The first-order chi connectivity index (χ1) is 9.70. The van der Waals surface area contributed by atoms with Crippen LogP contribution in [0.4, 0.5) is 0 Å². The van der Waals surface area contributed by atoms with Gasteiger partial charge in [0.2, 0.25) is 0 Å². The summed E-state index contributed by atoms with van der Waals surface area (Å²) in [5, 5.41) is 0. The van der Waals surface area contributed by atoms with Crippen molar-refractivity contribution in [3.05, 3.63) is 63.6 Å². The largest absolute Gasteiger partial charge is 0.467 e. The summed E-state index contributed by atoms with van der Waals surface area (Å²) < 4.78 is 11.9. The molecule has 20 heavy (non-hydrogen) atoms. The number of halogens is 1. The van der Waals surface area contributed by atoms with Crippen LogP contribution >= 0.6 is 15.9 Å². The van der Waals surface area contributed by atoms with Crippen molar-refractivity contribution in [2.45, 2.75) is 13.5 Å². The van der Waals surface area contributed by atoms with Crippen molar-refractivity contribution < 1.29 is 14.3 Å². The SMILES string of the molecule is Cc1cc(Br)cc(C=O)c1OCOCc1ccccc1. The average molecular weight is 335 g/mol. The lowest BCUT2D eigenvalue weighted by Gasteiger charge is -2.12. The lowest BCUT2D eigenvalue weighted by Crippen LogP contribution is -2.06. The number of carbonyl (C=O) groups excluding carboxylic acids is 1. The minimum atomic E-state index is 0.109. The average Bonchev–Trinajstić information content (AvgIpc) is 2.45. The van der Waals surface area contributed by atoms with Crippen LogP contribution in [-0.2, 0) is 11.3 Å². The molecule has 0 aromatic heterocycles. The molecule has 0 N–H and O–H groups in total. The van der Waals surface area contributed by atoms with Gasteiger partial charge in [0, 0.05) is 4.47 Å². The molecule has 2 aromatic carbocycles. The summed E-state index contributed by atoms with van der Waals surface area (Å²) in [5.74, 6) is 0.566. The van der Waals surface area contributed by atoms with Gasteiger partial charge < -0.3 is 9.47 Å². The molecule has 0 amide bonds. The van der Waals surface area contributed by atoms with E-state index in [0.717, 1.165) is 21.9 Å². The summed E-state index contributed by atoms with van der Waals surface area (Å²) in [5.41, 5.74) is 2.49. The lowest BCUT2D eigenvalue weighted by atomic mass is 10.1. The molecule has 0 aliphatic rings. The van der Waals surface area contributed by atoms with Gasteiger partial charge in [-0.1, -0.05) is 46.3 Å². The Morgan fingerprint density at radius 2 is 1.95 bits per heavy atom. The molecule has 0 saturated heterocycles. The van der Waals surface area contributed by atoms with Crippen molar-refractivity contribution in [2.75, 3.05) is 6.79 Å². The number of benzene rings is 2. The highest BCUT2D eigenvalue weighted by Crippen LogP contribution is 2.26. The highest BCUT2D eigenvalue weighted by atomic mass is 79.9. The van der Waals surface area contributed by atoms with Crippen LogP contribution in [0.2, 0.25) is 0 Å². The third-order valence-electron chi connectivity index (χ3n) is 2.79. The Hall–Kier alpha value is -1.65. The smallest absolute Gasteiger partial charge is 0.189 e. The zero-order chi connectivity index (χ0) is 14.4. The molecule has 0 heterocycles. The normalized spacial score (nSPS) is 10.3. The Morgan fingerprint density at radius 1 is 1.20 bits per heavy atom. The topological polar surface area (TPSA) is 35.5 Å². The van der Waals surface area contributed by atoms with Crippen LogP contribution in [0.15, 0.2) is 46.9 Å². The number of aldehydes is 1. The Labute approximate surface area is 126 Å². The van der Waals surface area contributed by atoms with Gasteiger partial charge >= 0.3 is 0 Å². The summed E-state index contributed by atoms with van der Waals surface area (Å²) in [6.45, 7) is 2.48. The Morgan fingerprint density at radius 3 is 2.65 bits per heavy atom. The lowest BCUT2D eigenvalue weighted by molar-refractivity contribution is 0.00440. The van der Waals surface area contributed by atoms with Gasteiger partial charge in [-0.15, -0.1) is 0 Å². The highest BCUT2D eigenvalue weighted by Gasteiger charge is 2.08. The van der Waals surface area contributed by atoms with Gasteiger partial charge in [-0.05, 0) is 30.2 Å². The minimum Gasteiger partial charge on any atom is -0.467 e. The quantitative estimate of drug-likeness (QED) is 0.452. The summed E-state index contributed by atoms with van der Waals surface area (Å²) in [6, 6.07) is 13.5. The van der Waals surface area contributed by atoms with E-state index in [1.54, 1.807) is 6.07 Å². The molecule has 0 saturated carbocycles. The van der Waals surface area contributed by atoms with E-state index in [1.807, 2.05) is 43.3 Å². The maximum Gasteiger partial charge on any atom is 0.189 e. The van der Waals surface area contributed by atoms with Crippen molar-refractivity contribution in [2.24, 2.45) is 0 Å². The second-order valence-corrected chi connectivity index (χ2v) is 5.27. The third kappa shape index (κ3) is 3.92. The van der Waals surface area contributed by atoms with Gasteiger partial charge in [0.15, 0.2) is 13.1 Å². The molecule has 3 nitrogen and oxygen atoms in total. The second-order valence-electron chi connectivity index (χ2n) is 4.36. The zero-order valence-electron chi connectivity index (χ0n) is 11.1. The predicted octanol–water partition coefficient (Wildman–Crippen LogP) is 4.12. The first kappa shape index (κ1) is 14.8. The fourth-order valence-corrected chi connectivity index (χ4v) is 2.46. The molecule has 0 radical (unpaired) electrons. The molecule has 0 aliphatic heterocycles. The van der Waals surface area contributed by atoms with Crippen LogP contribution in [0.5, 0.6) is 5.75 Å². The standard InChI is InChI=1S/C16H15BrO3/c1-12-7-15(17)8-14(9-18)16(12)20-11-19-10-13-5-3-2-4-6-13/h2-9H,10-11H2,1H3. The molecule has 104 valence electrons. The van der Waals surface area contributed by atoms with Gasteiger partial charge in [-0.2, -0.15) is 0 Å². The van der Waals surface area contributed by atoms with Crippen LogP contribution in [0.1, 0.15) is 21.5 Å². The van der Waals surface area contributed by atoms with E-state index in [9.17, 15) is 4.79 Å². The van der Waals surface area contributed by atoms with Crippen molar-refractivity contribution >= 4 is 22.2 Å². The van der Waals surface area contributed by atoms with Crippen LogP contribution < -0.4 is 4.74 Å². The second kappa shape index (κ2) is 7.22. The van der Waals surface area contributed by atoms with Crippen LogP contribution in [0.3, 0.4) is 0 Å². The molecule has 0 bridgehead atoms. The number of hydrogen-bond acceptors (Lipinski definition) is 3. The molecule has 0 unspecified atom stereocenters. The summed E-state index contributed by atoms with van der Waals surface area (Å²) >= 11 is 3.35. The van der Waals surface area contributed by atoms with Gasteiger partial charge in [0.25, 0.3) is 0 Å². The molecular formula is C16H15BrO3. The van der Waals surface area contributed by atoms with Crippen molar-refractivity contribution in [3.63, 3.8) is 0 Å². The zero-order valence-corrected chi connectivity index (χ0v) is 12.7. The Bertz CT molecular complexity index is 582. The first-order valence-electron chi connectivity index (χ1n) is 6.20. The van der Waals surface area contributed by atoms with E-state index < -0.39 is 0 Å². The monoisotopic (exact) mass is 334 g/mol. The van der Waals surface area contributed by atoms with Gasteiger partial charge in [0.05, 0.1) is 12.2 Å². The van der Waals surface area contributed by atoms with Crippen molar-refractivity contribution in [1.29, 1.82) is 0 Å². The fourth-order valence-electron chi connectivity index (χ4n) is 1.87. The number of hydrogen-bond donors (Lipinski definition) is 0. The molecule has 0 fully saturated rings. The molecule has 0 spiro atoms. The number of rotatable bonds is 6. The van der Waals surface area contributed by atoms with E-state index in [0.29, 0.717) is 17.9 Å². The summed E-state index contributed by atoms with van der Waals surface area (Å²) in [4.78, 5) is 11.0. The molecule has 2 aromatic rings. The number of aryl methyl sites for hydroxylation is 1. The summed E-state index contributed by atoms with van der Waals surface area (Å²) in [6.07, 6.45) is 0.782.